The number of unbranched alkanes of at least 4 members (excludes halogenated alkanes) is 1. The highest BCUT2D eigenvalue weighted by molar-refractivity contribution is 7.98. The Morgan fingerprint density at radius 1 is 0.833 bits per heavy atom. The molecule has 0 aromatic heterocycles. The van der Waals surface area contributed by atoms with Gasteiger partial charge in [-0.05, 0) is 28.9 Å². The van der Waals surface area contributed by atoms with Gasteiger partial charge in [0.05, 0.1) is 0 Å². The highest BCUT2D eigenvalue weighted by Gasteiger charge is 1.97. The fourth-order valence-electron chi connectivity index (χ4n) is 1.86. The maximum absolute atomic E-state index is 2.25. The number of hydrogen-bond acceptors (Lipinski definition) is 1. The van der Waals surface area contributed by atoms with Crippen molar-refractivity contribution in [2.45, 2.75) is 25.5 Å². The lowest BCUT2D eigenvalue weighted by Crippen LogP contribution is -1.84. The van der Waals surface area contributed by atoms with Gasteiger partial charge in [0.25, 0.3) is 0 Å². The molecule has 0 atom stereocenters. The second kappa shape index (κ2) is 7.27. The van der Waals surface area contributed by atoms with Gasteiger partial charge in [-0.15, -0.1) is 0 Å². The summed E-state index contributed by atoms with van der Waals surface area (Å²) in [7, 11) is 0. The Morgan fingerprint density at radius 3 is 2.17 bits per heavy atom. The highest BCUT2D eigenvalue weighted by Crippen LogP contribution is 2.21. The van der Waals surface area contributed by atoms with Crippen molar-refractivity contribution in [3.8, 4) is 11.1 Å². The molecule has 0 aliphatic rings. The first-order valence-corrected chi connectivity index (χ1v) is 7.77. The molecular formula is C17H20S. The number of benzene rings is 2. The average Bonchev–Trinajstić information content (AvgIpc) is 2.45. The van der Waals surface area contributed by atoms with Crippen LogP contribution in [0, 0.1) is 0 Å². The molecule has 0 amide bonds. The molecule has 0 N–H and O–H groups in total. The molecule has 18 heavy (non-hydrogen) atoms. The Bertz CT molecular complexity index is 445. The summed E-state index contributed by atoms with van der Waals surface area (Å²) in [4.78, 5) is 0. The summed E-state index contributed by atoms with van der Waals surface area (Å²) in [5.74, 6) is 2.41. The summed E-state index contributed by atoms with van der Waals surface area (Å²) in [6.07, 6.45) is 2.62. The molecule has 2 aromatic rings. The van der Waals surface area contributed by atoms with Gasteiger partial charge >= 0.3 is 0 Å². The van der Waals surface area contributed by atoms with Crippen LogP contribution >= 0.6 is 11.8 Å². The van der Waals surface area contributed by atoms with Crippen LogP contribution in [0.25, 0.3) is 11.1 Å². The van der Waals surface area contributed by atoms with Crippen LogP contribution in [-0.4, -0.2) is 5.75 Å². The fourth-order valence-corrected chi connectivity index (χ4v) is 2.93. The van der Waals surface area contributed by atoms with Crippen molar-refractivity contribution in [1.82, 2.24) is 0 Å². The minimum atomic E-state index is 1.13. The maximum Gasteiger partial charge on any atom is 0.0184 e. The van der Waals surface area contributed by atoms with Gasteiger partial charge in [0.2, 0.25) is 0 Å². The highest BCUT2D eigenvalue weighted by atomic mass is 32.2. The van der Waals surface area contributed by atoms with E-state index in [0.717, 1.165) is 5.75 Å². The molecule has 2 rings (SSSR count). The number of rotatable bonds is 6. The fraction of sp³-hybridized carbons (Fsp3) is 0.294. The zero-order valence-electron chi connectivity index (χ0n) is 10.9. The molecule has 0 unspecified atom stereocenters. The standard InChI is InChI=1S/C17H20S/c1-2-3-13-18-14-15-9-11-17(12-10-15)16-7-5-4-6-8-16/h4-12H,2-3,13-14H2,1H3. The minimum Gasteiger partial charge on any atom is -0.157 e. The summed E-state index contributed by atoms with van der Waals surface area (Å²) >= 11 is 2.03. The summed E-state index contributed by atoms with van der Waals surface area (Å²) < 4.78 is 0. The van der Waals surface area contributed by atoms with Crippen molar-refractivity contribution in [2.24, 2.45) is 0 Å². The smallest absolute Gasteiger partial charge is 0.0184 e. The van der Waals surface area contributed by atoms with Gasteiger partial charge < -0.3 is 0 Å². The Labute approximate surface area is 114 Å². The van der Waals surface area contributed by atoms with E-state index in [0.29, 0.717) is 0 Å². The summed E-state index contributed by atoms with van der Waals surface area (Å²) in [5.41, 5.74) is 4.02. The number of thioether (sulfide) groups is 1. The molecule has 0 radical (unpaired) electrons. The lowest BCUT2D eigenvalue weighted by molar-refractivity contribution is 0.896. The zero-order valence-corrected chi connectivity index (χ0v) is 11.7. The van der Waals surface area contributed by atoms with E-state index < -0.39 is 0 Å². The normalized spacial score (nSPS) is 10.5. The van der Waals surface area contributed by atoms with Crippen LogP contribution in [0.1, 0.15) is 25.3 Å². The summed E-state index contributed by atoms with van der Waals surface area (Å²) in [6.45, 7) is 2.25. The first-order valence-electron chi connectivity index (χ1n) is 6.62. The van der Waals surface area contributed by atoms with E-state index in [-0.39, 0.29) is 0 Å². The molecule has 0 saturated heterocycles. The third-order valence-electron chi connectivity index (χ3n) is 2.97. The van der Waals surface area contributed by atoms with Crippen LogP contribution in [0.3, 0.4) is 0 Å². The Hall–Kier alpha value is -1.21. The van der Waals surface area contributed by atoms with Crippen LogP contribution < -0.4 is 0 Å². The molecule has 94 valence electrons. The molecule has 2 aromatic carbocycles. The van der Waals surface area contributed by atoms with Crippen molar-refractivity contribution >= 4 is 11.8 Å². The van der Waals surface area contributed by atoms with E-state index in [1.807, 2.05) is 11.8 Å². The van der Waals surface area contributed by atoms with Gasteiger partial charge in [-0.2, -0.15) is 11.8 Å². The lowest BCUT2D eigenvalue weighted by Gasteiger charge is -2.04. The lowest BCUT2D eigenvalue weighted by atomic mass is 10.0. The average molecular weight is 256 g/mol. The molecule has 0 aliphatic heterocycles. The molecule has 0 aliphatic carbocycles. The third-order valence-corrected chi connectivity index (χ3v) is 4.09. The van der Waals surface area contributed by atoms with Crippen molar-refractivity contribution in [3.63, 3.8) is 0 Å². The van der Waals surface area contributed by atoms with Crippen LogP contribution in [-0.2, 0) is 5.75 Å². The van der Waals surface area contributed by atoms with Crippen LogP contribution in [0.5, 0.6) is 0 Å². The van der Waals surface area contributed by atoms with Crippen LogP contribution in [0.2, 0.25) is 0 Å². The topological polar surface area (TPSA) is 0 Å². The third kappa shape index (κ3) is 3.92. The van der Waals surface area contributed by atoms with Crippen molar-refractivity contribution < 1.29 is 0 Å². The second-order valence-corrected chi connectivity index (χ2v) is 5.57. The zero-order chi connectivity index (χ0) is 12.6. The van der Waals surface area contributed by atoms with Crippen LogP contribution in [0.4, 0.5) is 0 Å². The minimum absolute atomic E-state index is 1.13. The van der Waals surface area contributed by atoms with Crippen molar-refractivity contribution in [3.05, 3.63) is 60.2 Å². The van der Waals surface area contributed by atoms with E-state index in [2.05, 4.69) is 61.5 Å². The van der Waals surface area contributed by atoms with Gasteiger partial charge in [0.1, 0.15) is 0 Å². The molecule has 0 fully saturated rings. The van der Waals surface area contributed by atoms with Gasteiger partial charge in [0, 0.05) is 5.75 Å². The maximum atomic E-state index is 2.25. The predicted molar refractivity (Wildman–Crippen MR) is 82.9 cm³/mol. The van der Waals surface area contributed by atoms with Gasteiger partial charge in [-0.3, -0.25) is 0 Å². The van der Waals surface area contributed by atoms with E-state index in [4.69, 9.17) is 0 Å². The first kappa shape index (κ1) is 13.2. The second-order valence-electron chi connectivity index (χ2n) is 4.47. The molecule has 0 spiro atoms. The van der Waals surface area contributed by atoms with E-state index in [1.165, 1.54) is 35.3 Å². The van der Waals surface area contributed by atoms with Gasteiger partial charge in [-0.1, -0.05) is 67.9 Å². The summed E-state index contributed by atoms with van der Waals surface area (Å²) in [5, 5.41) is 0. The molecule has 0 bridgehead atoms. The quantitative estimate of drug-likeness (QED) is 0.625. The Balaban J connectivity index is 1.94. The van der Waals surface area contributed by atoms with E-state index in [1.54, 1.807) is 0 Å². The van der Waals surface area contributed by atoms with Gasteiger partial charge in [0.15, 0.2) is 0 Å². The molecule has 0 nitrogen and oxygen atoms in total. The Kier molecular flexibility index (Phi) is 5.35. The molecule has 1 heteroatoms. The van der Waals surface area contributed by atoms with Crippen molar-refractivity contribution in [2.75, 3.05) is 5.75 Å². The van der Waals surface area contributed by atoms with Crippen LogP contribution in [0.15, 0.2) is 54.6 Å². The largest absolute Gasteiger partial charge is 0.157 e. The van der Waals surface area contributed by atoms with Crippen molar-refractivity contribution in [1.29, 1.82) is 0 Å². The first-order chi connectivity index (χ1) is 8.90. The molecular weight excluding hydrogens is 236 g/mol. The number of hydrogen-bond donors (Lipinski definition) is 0. The monoisotopic (exact) mass is 256 g/mol. The van der Waals surface area contributed by atoms with Gasteiger partial charge in [-0.25, -0.2) is 0 Å². The SMILES string of the molecule is CCCCSCc1ccc(-c2ccccc2)cc1. The Morgan fingerprint density at radius 2 is 1.50 bits per heavy atom. The van der Waals surface area contributed by atoms with E-state index in [9.17, 15) is 0 Å². The molecule has 0 heterocycles. The predicted octanol–water partition coefficient (Wildman–Crippen LogP) is 5.39. The van der Waals surface area contributed by atoms with E-state index >= 15 is 0 Å². The molecule has 0 saturated carbocycles. The summed E-state index contributed by atoms with van der Waals surface area (Å²) in [6, 6.07) is 19.5.